The van der Waals surface area contributed by atoms with Crippen LogP contribution < -0.4 is 4.74 Å². The van der Waals surface area contributed by atoms with Crippen molar-refractivity contribution in [3.05, 3.63) is 36.3 Å². The molecule has 0 aliphatic rings. The van der Waals surface area contributed by atoms with Gasteiger partial charge < -0.3 is 9.72 Å². The zero-order valence-corrected chi connectivity index (χ0v) is 10.6. The Morgan fingerprint density at radius 2 is 2.06 bits per heavy atom. The first kappa shape index (κ1) is 12.4. The molecule has 0 spiro atoms. The molecule has 18 heavy (non-hydrogen) atoms. The van der Waals surface area contributed by atoms with Crippen LogP contribution in [0.5, 0.6) is 5.75 Å². The minimum Gasteiger partial charge on any atom is -0.494 e. The second-order valence-corrected chi connectivity index (χ2v) is 4.08. The molecule has 1 aromatic carbocycles. The van der Waals surface area contributed by atoms with E-state index in [-0.39, 0.29) is 5.78 Å². The first-order valence-corrected chi connectivity index (χ1v) is 5.95. The van der Waals surface area contributed by atoms with Crippen LogP contribution in [0.2, 0.25) is 0 Å². The van der Waals surface area contributed by atoms with E-state index in [2.05, 4.69) is 9.97 Å². The fraction of sp³-hybridized carbons (Fsp3) is 0.286. The van der Waals surface area contributed by atoms with Crippen LogP contribution in [0, 0.1) is 0 Å². The normalized spacial score (nSPS) is 10.3. The summed E-state index contributed by atoms with van der Waals surface area (Å²) in [6, 6.07) is 7.78. The number of carbonyl (C=O) groups is 1. The number of ether oxygens (including phenoxy) is 1. The predicted molar refractivity (Wildman–Crippen MR) is 69.6 cm³/mol. The standard InChI is InChI=1S/C14H16N2O2/c1-3-18-12-6-4-11(5-7-12)13-9-15-14(16-13)8-10(2)17/h4-7,9H,3,8H2,1-2H3,(H,15,16). The van der Waals surface area contributed by atoms with E-state index in [1.165, 1.54) is 0 Å². The molecule has 0 aliphatic carbocycles. The van der Waals surface area contributed by atoms with Gasteiger partial charge in [-0.15, -0.1) is 0 Å². The van der Waals surface area contributed by atoms with Gasteiger partial charge in [-0.25, -0.2) is 4.98 Å². The van der Waals surface area contributed by atoms with Crippen LogP contribution in [0.4, 0.5) is 0 Å². The molecule has 1 aromatic heterocycles. The molecule has 0 amide bonds. The third-order valence-electron chi connectivity index (χ3n) is 2.52. The molecule has 1 N–H and O–H groups in total. The molecule has 0 atom stereocenters. The van der Waals surface area contributed by atoms with Crippen molar-refractivity contribution in [3.8, 4) is 17.0 Å². The first-order chi connectivity index (χ1) is 8.69. The Morgan fingerprint density at radius 3 is 2.67 bits per heavy atom. The van der Waals surface area contributed by atoms with Crippen molar-refractivity contribution in [2.24, 2.45) is 0 Å². The average molecular weight is 244 g/mol. The molecular formula is C14H16N2O2. The number of hydrogen-bond donors (Lipinski definition) is 1. The highest BCUT2D eigenvalue weighted by atomic mass is 16.5. The van der Waals surface area contributed by atoms with Crippen LogP contribution in [0.1, 0.15) is 19.7 Å². The van der Waals surface area contributed by atoms with Gasteiger partial charge in [-0.3, -0.25) is 4.79 Å². The smallest absolute Gasteiger partial charge is 0.137 e. The first-order valence-electron chi connectivity index (χ1n) is 5.95. The quantitative estimate of drug-likeness (QED) is 0.879. The summed E-state index contributed by atoms with van der Waals surface area (Å²) in [7, 11) is 0. The molecule has 2 rings (SSSR count). The minimum absolute atomic E-state index is 0.0996. The lowest BCUT2D eigenvalue weighted by atomic mass is 10.2. The molecule has 94 valence electrons. The van der Waals surface area contributed by atoms with Crippen LogP contribution >= 0.6 is 0 Å². The number of carbonyl (C=O) groups excluding carboxylic acids is 1. The molecular weight excluding hydrogens is 228 g/mol. The summed E-state index contributed by atoms with van der Waals surface area (Å²) < 4.78 is 5.38. The van der Waals surface area contributed by atoms with Gasteiger partial charge in [0, 0.05) is 0 Å². The second-order valence-electron chi connectivity index (χ2n) is 4.08. The molecule has 1 heterocycles. The maximum absolute atomic E-state index is 11.0. The number of imidazole rings is 1. The largest absolute Gasteiger partial charge is 0.494 e. The Balaban J connectivity index is 2.15. The zero-order valence-electron chi connectivity index (χ0n) is 10.6. The number of aromatic nitrogens is 2. The van der Waals surface area contributed by atoms with E-state index in [4.69, 9.17) is 4.74 Å². The Kier molecular flexibility index (Phi) is 3.77. The van der Waals surface area contributed by atoms with Crippen molar-refractivity contribution in [1.82, 2.24) is 9.97 Å². The Hall–Kier alpha value is -2.10. The number of hydrogen-bond acceptors (Lipinski definition) is 3. The molecule has 0 saturated carbocycles. The van der Waals surface area contributed by atoms with E-state index in [0.29, 0.717) is 18.9 Å². The van der Waals surface area contributed by atoms with Crippen LogP contribution in [-0.2, 0) is 11.2 Å². The van der Waals surface area contributed by atoms with Gasteiger partial charge in [0.05, 0.1) is 24.9 Å². The summed E-state index contributed by atoms with van der Waals surface area (Å²) in [5.74, 6) is 1.65. The highest BCUT2D eigenvalue weighted by molar-refractivity contribution is 5.77. The summed E-state index contributed by atoms with van der Waals surface area (Å²) in [6.45, 7) is 4.17. The summed E-state index contributed by atoms with van der Waals surface area (Å²) >= 11 is 0. The van der Waals surface area contributed by atoms with E-state index in [9.17, 15) is 4.79 Å². The van der Waals surface area contributed by atoms with Crippen molar-refractivity contribution in [2.45, 2.75) is 20.3 Å². The minimum atomic E-state index is 0.0996. The Labute approximate surface area is 106 Å². The highest BCUT2D eigenvalue weighted by Crippen LogP contribution is 2.20. The highest BCUT2D eigenvalue weighted by Gasteiger charge is 2.05. The summed E-state index contributed by atoms with van der Waals surface area (Å²) in [5, 5.41) is 0. The maximum Gasteiger partial charge on any atom is 0.137 e. The molecule has 0 saturated heterocycles. The number of rotatable bonds is 5. The number of nitrogens with one attached hydrogen (secondary N) is 1. The summed E-state index contributed by atoms with van der Waals surface area (Å²) in [5.41, 5.74) is 1.94. The summed E-state index contributed by atoms with van der Waals surface area (Å²) in [6.07, 6.45) is 2.09. The third kappa shape index (κ3) is 2.97. The van der Waals surface area contributed by atoms with Crippen LogP contribution in [0.25, 0.3) is 11.3 Å². The lowest BCUT2D eigenvalue weighted by Gasteiger charge is -2.03. The van der Waals surface area contributed by atoms with Crippen molar-refractivity contribution < 1.29 is 9.53 Å². The van der Waals surface area contributed by atoms with Gasteiger partial charge in [0.2, 0.25) is 0 Å². The molecule has 0 unspecified atom stereocenters. The van der Waals surface area contributed by atoms with Gasteiger partial charge in [0.15, 0.2) is 0 Å². The van der Waals surface area contributed by atoms with Gasteiger partial charge in [0.1, 0.15) is 17.4 Å². The maximum atomic E-state index is 11.0. The molecule has 4 heteroatoms. The topological polar surface area (TPSA) is 55.0 Å². The van der Waals surface area contributed by atoms with Gasteiger partial charge in [0.25, 0.3) is 0 Å². The Bertz CT molecular complexity index is 529. The number of aromatic amines is 1. The SMILES string of the molecule is CCOc1ccc(-c2cnc(CC(C)=O)[nH]2)cc1. The number of ketones is 1. The lowest BCUT2D eigenvalue weighted by Crippen LogP contribution is -1.97. The molecule has 0 aliphatic heterocycles. The van der Waals surface area contributed by atoms with Gasteiger partial charge in [-0.2, -0.15) is 0 Å². The Morgan fingerprint density at radius 1 is 1.33 bits per heavy atom. The fourth-order valence-corrected chi connectivity index (χ4v) is 1.73. The van der Waals surface area contributed by atoms with Crippen LogP contribution in [0.15, 0.2) is 30.5 Å². The fourth-order valence-electron chi connectivity index (χ4n) is 1.73. The van der Waals surface area contributed by atoms with Gasteiger partial charge in [-0.05, 0) is 43.7 Å². The lowest BCUT2D eigenvalue weighted by molar-refractivity contribution is -0.116. The van der Waals surface area contributed by atoms with Gasteiger partial charge >= 0.3 is 0 Å². The number of Topliss-reactive ketones (excluding diaryl/α,β-unsaturated/α-hetero) is 1. The monoisotopic (exact) mass is 244 g/mol. The van der Waals surface area contributed by atoms with E-state index in [1.54, 1.807) is 13.1 Å². The summed E-state index contributed by atoms with van der Waals surface area (Å²) in [4.78, 5) is 18.3. The molecule has 2 aromatic rings. The number of nitrogens with zero attached hydrogens (tertiary/aromatic N) is 1. The number of H-pyrrole nitrogens is 1. The van der Waals surface area contributed by atoms with E-state index in [0.717, 1.165) is 17.0 Å². The predicted octanol–water partition coefficient (Wildman–Crippen LogP) is 2.61. The van der Waals surface area contributed by atoms with E-state index >= 15 is 0 Å². The molecule has 0 fully saturated rings. The average Bonchev–Trinajstić information content (AvgIpc) is 2.78. The van der Waals surface area contributed by atoms with Crippen LogP contribution in [0.3, 0.4) is 0 Å². The molecule has 0 bridgehead atoms. The van der Waals surface area contributed by atoms with Crippen LogP contribution in [-0.4, -0.2) is 22.4 Å². The molecule has 4 nitrogen and oxygen atoms in total. The van der Waals surface area contributed by atoms with Crippen molar-refractivity contribution in [1.29, 1.82) is 0 Å². The third-order valence-corrected chi connectivity index (χ3v) is 2.52. The van der Waals surface area contributed by atoms with Crippen molar-refractivity contribution in [3.63, 3.8) is 0 Å². The van der Waals surface area contributed by atoms with Gasteiger partial charge in [-0.1, -0.05) is 0 Å². The van der Waals surface area contributed by atoms with E-state index in [1.807, 2.05) is 31.2 Å². The van der Waals surface area contributed by atoms with Crippen molar-refractivity contribution in [2.75, 3.05) is 6.61 Å². The number of benzene rings is 1. The van der Waals surface area contributed by atoms with Crippen molar-refractivity contribution >= 4 is 5.78 Å². The van der Waals surface area contributed by atoms with E-state index < -0.39 is 0 Å². The molecule has 0 radical (unpaired) electrons. The second kappa shape index (κ2) is 5.49. The zero-order chi connectivity index (χ0) is 13.0.